The number of benzene rings is 2. The first-order valence-corrected chi connectivity index (χ1v) is 9.03. The summed E-state index contributed by atoms with van der Waals surface area (Å²) < 4.78 is 21.9. The van der Waals surface area contributed by atoms with Gasteiger partial charge in [-0.25, -0.2) is 0 Å². The van der Waals surface area contributed by atoms with Crippen LogP contribution in [0.15, 0.2) is 41.4 Å². The second-order valence-electron chi connectivity index (χ2n) is 6.27. The highest BCUT2D eigenvalue weighted by Gasteiger charge is 2.13. The smallest absolute Gasteiger partial charge is 0.231 e. The Hall–Kier alpha value is -3.09. The number of guanidine groups is 1. The van der Waals surface area contributed by atoms with E-state index in [1.807, 2.05) is 30.3 Å². The lowest BCUT2D eigenvalue weighted by Gasteiger charge is -2.19. The Morgan fingerprint density at radius 1 is 0.852 bits per heavy atom. The van der Waals surface area contributed by atoms with E-state index in [0.717, 1.165) is 47.5 Å². The monoisotopic (exact) mass is 369 g/mol. The molecular formula is C20H23N3O4. The molecule has 27 heavy (non-hydrogen) atoms. The Morgan fingerprint density at radius 3 is 2.37 bits per heavy atom. The first kappa shape index (κ1) is 17.3. The maximum absolute atomic E-state index is 5.63. The number of nitrogens with zero attached hydrogens (tertiary/aromatic N) is 1. The molecule has 0 radical (unpaired) electrons. The van der Waals surface area contributed by atoms with Gasteiger partial charge in [-0.15, -0.1) is 0 Å². The van der Waals surface area contributed by atoms with E-state index < -0.39 is 0 Å². The molecule has 4 rings (SSSR count). The molecule has 2 aliphatic rings. The third-order valence-corrected chi connectivity index (χ3v) is 4.43. The first-order chi connectivity index (χ1) is 13.3. The van der Waals surface area contributed by atoms with Crippen LogP contribution in [0.3, 0.4) is 0 Å². The van der Waals surface area contributed by atoms with E-state index in [4.69, 9.17) is 18.9 Å². The molecule has 0 unspecified atom stereocenters. The lowest BCUT2D eigenvalue weighted by Crippen LogP contribution is -2.37. The second kappa shape index (κ2) is 8.07. The summed E-state index contributed by atoms with van der Waals surface area (Å²) in [5.74, 6) is 3.98. The molecule has 7 nitrogen and oxygen atoms in total. The van der Waals surface area contributed by atoms with Crippen LogP contribution in [0.5, 0.6) is 23.0 Å². The highest BCUT2D eigenvalue weighted by atomic mass is 16.7. The number of aliphatic imine (C=N–C) groups is 1. The third kappa shape index (κ3) is 4.19. The van der Waals surface area contributed by atoms with E-state index in [1.54, 1.807) is 7.05 Å². The molecule has 7 heteroatoms. The van der Waals surface area contributed by atoms with Crippen molar-refractivity contribution < 1.29 is 18.9 Å². The fourth-order valence-corrected chi connectivity index (χ4v) is 3.03. The van der Waals surface area contributed by atoms with Crippen LogP contribution in [0.4, 0.5) is 0 Å². The van der Waals surface area contributed by atoms with Crippen LogP contribution >= 0.6 is 0 Å². The molecule has 142 valence electrons. The normalized spacial score (nSPS) is 14.8. The quantitative estimate of drug-likeness (QED) is 0.621. The van der Waals surface area contributed by atoms with Crippen LogP contribution in [0.2, 0.25) is 0 Å². The van der Waals surface area contributed by atoms with E-state index >= 15 is 0 Å². The minimum Gasteiger partial charge on any atom is -0.486 e. The van der Waals surface area contributed by atoms with E-state index in [9.17, 15) is 0 Å². The van der Waals surface area contributed by atoms with Gasteiger partial charge in [-0.3, -0.25) is 4.99 Å². The van der Waals surface area contributed by atoms with Gasteiger partial charge in [0.1, 0.15) is 13.2 Å². The molecule has 0 aromatic heterocycles. The molecule has 2 aliphatic heterocycles. The lowest BCUT2D eigenvalue weighted by molar-refractivity contribution is 0.171. The van der Waals surface area contributed by atoms with Gasteiger partial charge in [0.25, 0.3) is 0 Å². The maximum Gasteiger partial charge on any atom is 0.231 e. The van der Waals surface area contributed by atoms with Gasteiger partial charge in [0.05, 0.1) is 0 Å². The summed E-state index contributed by atoms with van der Waals surface area (Å²) in [4.78, 5) is 4.27. The SMILES string of the molecule is CN=C(NCCc1ccc2c(c1)OCCO2)NCc1ccc2c(c1)OCO2. The molecule has 0 aliphatic carbocycles. The molecule has 0 amide bonds. The zero-order valence-electron chi connectivity index (χ0n) is 15.3. The number of hydrogen-bond donors (Lipinski definition) is 2. The van der Waals surface area contributed by atoms with Gasteiger partial charge in [0.15, 0.2) is 29.0 Å². The van der Waals surface area contributed by atoms with Gasteiger partial charge in [0, 0.05) is 20.1 Å². The fourth-order valence-electron chi connectivity index (χ4n) is 3.03. The van der Waals surface area contributed by atoms with Gasteiger partial charge >= 0.3 is 0 Å². The Labute approximate surface area is 158 Å². The summed E-state index contributed by atoms with van der Waals surface area (Å²) in [6.45, 7) is 2.92. The highest BCUT2D eigenvalue weighted by molar-refractivity contribution is 5.79. The predicted octanol–water partition coefficient (Wildman–Crippen LogP) is 2.09. The van der Waals surface area contributed by atoms with E-state index in [2.05, 4.69) is 21.7 Å². The van der Waals surface area contributed by atoms with Gasteiger partial charge in [0.2, 0.25) is 6.79 Å². The molecule has 0 bridgehead atoms. The standard InChI is InChI=1S/C20H23N3O4/c1-21-20(23-12-15-3-5-17-19(11-15)27-13-26-17)22-7-6-14-2-4-16-18(10-14)25-9-8-24-16/h2-5,10-11H,6-9,12-13H2,1H3,(H2,21,22,23). The average molecular weight is 369 g/mol. The topological polar surface area (TPSA) is 73.3 Å². The number of ether oxygens (including phenoxy) is 4. The van der Waals surface area contributed by atoms with Crippen molar-refractivity contribution in [3.8, 4) is 23.0 Å². The summed E-state index contributed by atoms with van der Waals surface area (Å²) in [6.07, 6.45) is 0.862. The van der Waals surface area contributed by atoms with Crippen molar-refractivity contribution in [1.29, 1.82) is 0 Å². The average Bonchev–Trinajstić information content (AvgIpc) is 3.18. The molecule has 0 fully saturated rings. The second-order valence-corrected chi connectivity index (χ2v) is 6.27. The van der Waals surface area contributed by atoms with E-state index in [-0.39, 0.29) is 6.79 Å². The van der Waals surface area contributed by atoms with Crippen molar-refractivity contribution in [1.82, 2.24) is 10.6 Å². The molecule has 2 heterocycles. The predicted molar refractivity (Wildman–Crippen MR) is 102 cm³/mol. The molecule has 0 saturated carbocycles. The summed E-state index contributed by atoms with van der Waals surface area (Å²) in [6, 6.07) is 12.0. The molecular weight excluding hydrogens is 346 g/mol. The Kier molecular flexibility index (Phi) is 5.18. The zero-order chi connectivity index (χ0) is 18.5. The largest absolute Gasteiger partial charge is 0.486 e. The van der Waals surface area contributed by atoms with Crippen LogP contribution in [0.25, 0.3) is 0 Å². The minimum absolute atomic E-state index is 0.287. The zero-order valence-corrected chi connectivity index (χ0v) is 15.3. The summed E-state index contributed by atoms with van der Waals surface area (Å²) >= 11 is 0. The summed E-state index contributed by atoms with van der Waals surface area (Å²) in [5.41, 5.74) is 2.30. The van der Waals surface area contributed by atoms with Crippen molar-refractivity contribution in [3.05, 3.63) is 47.5 Å². The van der Waals surface area contributed by atoms with Gasteiger partial charge < -0.3 is 29.6 Å². The van der Waals surface area contributed by atoms with Crippen molar-refractivity contribution in [3.63, 3.8) is 0 Å². The van der Waals surface area contributed by atoms with Gasteiger partial charge in [-0.1, -0.05) is 12.1 Å². The van der Waals surface area contributed by atoms with Crippen LogP contribution in [0.1, 0.15) is 11.1 Å². The molecule has 2 N–H and O–H groups in total. The van der Waals surface area contributed by atoms with Gasteiger partial charge in [-0.2, -0.15) is 0 Å². The summed E-state index contributed by atoms with van der Waals surface area (Å²) in [7, 11) is 1.76. The van der Waals surface area contributed by atoms with E-state index in [1.165, 1.54) is 5.56 Å². The third-order valence-electron chi connectivity index (χ3n) is 4.43. The number of hydrogen-bond acceptors (Lipinski definition) is 5. The van der Waals surface area contributed by atoms with Crippen molar-refractivity contribution >= 4 is 5.96 Å². The van der Waals surface area contributed by atoms with Crippen LogP contribution in [-0.2, 0) is 13.0 Å². The first-order valence-electron chi connectivity index (χ1n) is 9.03. The van der Waals surface area contributed by atoms with E-state index in [0.29, 0.717) is 19.8 Å². The molecule has 0 saturated heterocycles. The van der Waals surface area contributed by atoms with Crippen molar-refractivity contribution in [2.45, 2.75) is 13.0 Å². The van der Waals surface area contributed by atoms with Crippen molar-refractivity contribution in [2.75, 3.05) is 33.6 Å². The highest BCUT2D eigenvalue weighted by Crippen LogP contribution is 2.32. The van der Waals surface area contributed by atoms with Crippen LogP contribution in [0, 0.1) is 0 Å². The van der Waals surface area contributed by atoms with Crippen LogP contribution in [-0.4, -0.2) is 39.6 Å². The molecule has 0 spiro atoms. The molecule has 2 aromatic rings. The maximum atomic E-state index is 5.63. The Morgan fingerprint density at radius 2 is 1.52 bits per heavy atom. The van der Waals surface area contributed by atoms with Crippen molar-refractivity contribution in [2.24, 2.45) is 4.99 Å². The van der Waals surface area contributed by atoms with Gasteiger partial charge in [-0.05, 0) is 41.8 Å². The molecule has 2 aromatic carbocycles. The Bertz CT molecular complexity index is 838. The Balaban J connectivity index is 1.26. The number of nitrogens with one attached hydrogen (secondary N) is 2. The number of rotatable bonds is 5. The fraction of sp³-hybridized carbons (Fsp3) is 0.350. The summed E-state index contributed by atoms with van der Waals surface area (Å²) in [5, 5.41) is 6.64. The molecule has 0 atom stereocenters. The van der Waals surface area contributed by atoms with Crippen LogP contribution < -0.4 is 29.6 Å². The lowest BCUT2D eigenvalue weighted by atomic mass is 10.1. The number of fused-ring (bicyclic) bond motifs is 2. The minimum atomic E-state index is 0.287.